The van der Waals surface area contributed by atoms with Crippen LogP contribution in [0.4, 0.5) is 4.39 Å². The number of hydrogen-bond acceptors (Lipinski definition) is 2. The van der Waals surface area contributed by atoms with Crippen LogP contribution in [0.25, 0.3) is 16.8 Å². The van der Waals surface area contributed by atoms with Crippen LogP contribution in [0.2, 0.25) is 0 Å². The van der Waals surface area contributed by atoms with Crippen molar-refractivity contribution in [1.29, 1.82) is 0 Å². The second-order valence-corrected chi connectivity index (χ2v) is 8.85. The number of halogens is 1. The molecule has 1 atom stereocenters. The van der Waals surface area contributed by atoms with E-state index in [1.54, 1.807) is 12.1 Å². The molecule has 0 radical (unpaired) electrons. The first-order chi connectivity index (χ1) is 15.5. The summed E-state index contributed by atoms with van der Waals surface area (Å²) in [5.74, 6) is 0.130. The van der Waals surface area contributed by atoms with Crippen molar-refractivity contribution < 1.29 is 9.18 Å². The predicted octanol–water partition coefficient (Wildman–Crippen LogP) is 5.89. The van der Waals surface area contributed by atoms with Gasteiger partial charge in [-0.25, -0.2) is 9.37 Å². The fourth-order valence-electron chi connectivity index (χ4n) is 4.58. The van der Waals surface area contributed by atoms with Crippen LogP contribution in [-0.2, 0) is 0 Å². The van der Waals surface area contributed by atoms with E-state index in [2.05, 4.69) is 32.0 Å². The minimum atomic E-state index is -0.233. The third kappa shape index (κ3) is 3.79. The number of benzene rings is 2. The Labute approximate surface area is 187 Å². The molecule has 1 aliphatic rings. The van der Waals surface area contributed by atoms with E-state index < -0.39 is 0 Å². The summed E-state index contributed by atoms with van der Waals surface area (Å²) in [5.41, 5.74) is 5.58. The van der Waals surface area contributed by atoms with Crippen molar-refractivity contribution in [3.63, 3.8) is 0 Å². The monoisotopic (exact) mass is 427 g/mol. The van der Waals surface area contributed by atoms with Gasteiger partial charge >= 0.3 is 0 Å². The smallest absolute Gasteiger partial charge is 0.274 e. The summed E-state index contributed by atoms with van der Waals surface area (Å²) in [6.45, 7) is 5.53. The number of imidazole rings is 1. The number of hydrogen-bond donors (Lipinski definition) is 0. The van der Waals surface area contributed by atoms with Gasteiger partial charge in [-0.3, -0.25) is 4.79 Å². The standard InChI is InChI=1S/C27H26FN3O/c1-18(2)24-14-22(19-7-4-3-5-8-19)16-31-17-25(29-26(24)31)27(32)30-12-11-21(15-30)20-9-6-10-23(28)13-20/h3-10,13-14,16-18,21H,11-12,15H2,1-2H3. The lowest BCUT2D eigenvalue weighted by Crippen LogP contribution is -2.28. The maximum Gasteiger partial charge on any atom is 0.274 e. The summed E-state index contributed by atoms with van der Waals surface area (Å²) < 4.78 is 15.6. The lowest BCUT2D eigenvalue weighted by molar-refractivity contribution is 0.0785. The number of rotatable bonds is 4. The zero-order valence-corrected chi connectivity index (χ0v) is 18.3. The van der Waals surface area contributed by atoms with Crippen LogP contribution in [0.1, 0.15) is 53.7 Å². The van der Waals surface area contributed by atoms with Gasteiger partial charge in [0.25, 0.3) is 5.91 Å². The quantitative estimate of drug-likeness (QED) is 0.407. The van der Waals surface area contributed by atoms with E-state index in [1.807, 2.05) is 46.0 Å². The molecule has 1 unspecified atom stereocenters. The molecule has 1 fully saturated rings. The Morgan fingerprint density at radius 1 is 1.03 bits per heavy atom. The van der Waals surface area contributed by atoms with Gasteiger partial charge < -0.3 is 9.30 Å². The van der Waals surface area contributed by atoms with Crippen molar-refractivity contribution in [3.8, 4) is 11.1 Å². The SMILES string of the molecule is CC(C)c1cc(-c2ccccc2)cn2cc(C(=O)N3CCC(c4cccc(F)c4)C3)nc12. The fourth-order valence-corrected chi connectivity index (χ4v) is 4.58. The molecule has 0 spiro atoms. The Hall–Kier alpha value is -3.47. The molecule has 0 aliphatic carbocycles. The minimum Gasteiger partial charge on any atom is -0.337 e. The van der Waals surface area contributed by atoms with E-state index >= 15 is 0 Å². The summed E-state index contributed by atoms with van der Waals surface area (Å²) >= 11 is 0. The first-order valence-electron chi connectivity index (χ1n) is 11.1. The van der Waals surface area contributed by atoms with Crippen LogP contribution in [0.5, 0.6) is 0 Å². The van der Waals surface area contributed by atoms with Crippen molar-refractivity contribution in [2.75, 3.05) is 13.1 Å². The third-order valence-electron chi connectivity index (χ3n) is 6.32. The zero-order valence-electron chi connectivity index (χ0n) is 18.3. The van der Waals surface area contributed by atoms with Crippen LogP contribution < -0.4 is 0 Å². The number of amides is 1. The summed E-state index contributed by atoms with van der Waals surface area (Å²) in [5, 5.41) is 0. The van der Waals surface area contributed by atoms with Crippen LogP contribution in [0, 0.1) is 5.82 Å². The lowest BCUT2D eigenvalue weighted by Gasteiger charge is -2.15. The van der Waals surface area contributed by atoms with Gasteiger partial charge in [0.15, 0.2) is 0 Å². The predicted molar refractivity (Wildman–Crippen MR) is 124 cm³/mol. The number of carbonyl (C=O) groups excluding carboxylic acids is 1. The highest BCUT2D eigenvalue weighted by atomic mass is 19.1. The Balaban J connectivity index is 1.45. The molecule has 1 amide bonds. The van der Waals surface area contributed by atoms with Crippen LogP contribution in [0.15, 0.2) is 73.1 Å². The molecular formula is C27H26FN3O. The number of pyridine rings is 1. The largest absolute Gasteiger partial charge is 0.337 e. The van der Waals surface area contributed by atoms with Gasteiger partial charge in [-0.15, -0.1) is 0 Å². The molecule has 5 heteroatoms. The lowest BCUT2D eigenvalue weighted by atomic mass is 9.98. The third-order valence-corrected chi connectivity index (χ3v) is 6.32. The Morgan fingerprint density at radius 2 is 1.84 bits per heavy atom. The topological polar surface area (TPSA) is 37.6 Å². The number of fused-ring (bicyclic) bond motifs is 1. The molecule has 4 aromatic rings. The molecule has 32 heavy (non-hydrogen) atoms. The molecule has 5 rings (SSSR count). The van der Waals surface area contributed by atoms with Crippen LogP contribution in [0.3, 0.4) is 0 Å². The summed E-state index contributed by atoms with van der Waals surface area (Å²) in [4.78, 5) is 19.8. The molecule has 162 valence electrons. The van der Waals surface area contributed by atoms with Crippen LogP contribution >= 0.6 is 0 Å². The van der Waals surface area contributed by atoms with E-state index in [-0.39, 0.29) is 23.6 Å². The van der Waals surface area contributed by atoms with Crippen molar-refractivity contribution in [2.45, 2.75) is 32.1 Å². The normalized spacial score (nSPS) is 16.2. The van der Waals surface area contributed by atoms with E-state index in [1.165, 1.54) is 6.07 Å². The summed E-state index contributed by atoms with van der Waals surface area (Å²) in [6, 6.07) is 19.1. The van der Waals surface area contributed by atoms with Crippen molar-refractivity contribution in [1.82, 2.24) is 14.3 Å². The molecule has 1 aliphatic heterocycles. The Morgan fingerprint density at radius 3 is 2.59 bits per heavy atom. The molecule has 0 saturated carbocycles. The number of aromatic nitrogens is 2. The molecular weight excluding hydrogens is 401 g/mol. The van der Waals surface area contributed by atoms with Crippen molar-refractivity contribution >= 4 is 11.6 Å². The van der Waals surface area contributed by atoms with Gasteiger partial charge in [-0.1, -0.05) is 56.3 Å². The molecule has 2 aromatic heterocycles. The maximum absolute atomic E-state index is 13.6. The Bertz CT molecular complexity index is 1280. The molecule has 3 heterocycles. The number of carbonyl (C=O) groups is 1. The van der Waals surface area contributed by atoms with Crippen LogP contribution in [-0.4, -0.2) is 33.3 Å². The first kappa shape index (κ1) is 20.4. The summed E-state index contributed by atoms with van der Waals surface area (Å²) in [6.07, 6.45) is 4.71. The molecule has 0 bridgehead atoms. The second kappa shape index (κ2) is 8.23. The fraction of sp³-hybridized carbons (Fsp3) is 0.259. The van der Waals surface area contributed by atoms with Crippen molar-refractivity contribution in [3.05, 3.63) is 95.7 Å². The van der Waals surface area contributed by atoms with E-state index in [0.717, 1.165) is 34.3 Å². The average Bonchev–Trinajstić information content (AvgIpc) is 3.46. The van der Waals surface area contributed by atoms with Gasteiger partial charge in [0, 0.05) is 31.4 Å². The van der Waals surface area contributed by atoms with E-state index in [4.69, 9.17) is 4.98 Å². The highest BCUT2D eigenvalue weighted by molar-refractivity contribution is 5.93. The second-order valence-electron chi connectivity index (χ2n) is 8.85. The highest BCUT2D eigenvalue weighted by Crippen LogP contribution is 2.30. The Kier molecular flexibility index (Phi) is 5.25. The zero-order chi connectivity index (χ0) is 22.2. The van der Waals surface area contributed by atoms with E-state index in [0.29, 0.717) is 18.8 Å². The number of likely N-dealkylation sites (tertiary alicyclic amines) is 1. The minimum absolute atomic E-state index is 0.0661. The van der Waals surface area contributed by atoms with Gasteiger partial charge in [0.1, 0.15) is 17.2 Å². The van der Waals surface area contributed by atoms with Gasteiger partial charge in [0.2, 0.25) is 0 Å². The number of nitrogens with zero attached hydrogens (tertiary/aromatic N) is 3. The van der Waals surface area contributed by atoms with Crippen molar-refractivity contribution in [2.24, 2.45) is 0 Å². The molecule has 2 aromatic carbocycles. The van der Waals surface area contributed by atoms with E-state index in [9.17, 15) is 9.18 Å². The first-order valence-corrected chi connectivity index (χ1v) is 11.1. The average molecular weight is 428 g/mol. The molecule has 1 saturated heterocycles. The highest BCUT2D eigenvalue weighted by Gasteiger charge is 2.29. The molecule has 4 nitrogen and oxygen atoms in total. The summed E-state index contributed by atoms with van der Waals surface area (Å²) in [7, 11) is 0. The molecule has 0 N–H and O–H groups in total. The van der Waals surface area contributed by atoms with Gasteiger partial charge in [-0.05, 0) is 52.8 Å². The van der Waals surface area contributed by atoms with Gasteiger partial charge in [0.05, 0.1) is 0 Å². The van der Waals surface area contributed by atoms with Gasteiger partial charge in [-0.2, -0.15) is 0 Å². The maximum atomic E-state index is 13.6.